The van der Waals surface area contributed by atoms with Crippen molar-refractivity contribution in [2.75, 3.05) is 58.1 Å². The van der Waals surface area contributed by atoms with E-state index in [1.165, 1.54) is 6.92 Å². The molecular formula is C51H87N17O26S. The van der Waals surface area contributed by atoms with Crippen molar-refractivity contribution < 1.29 is 127 Å². The van der Waals surface area contributed by atoms with Crippen LogP contribution in [0.2, 0.25) is 0 Å². The van der Waals surface area contributed by atoms with Crippen LogP contribution in [0.4, 0.5) is 0 Å². The Morgan fingerprint density at radius 3 is 0.547 bits per heavy atom. The molecule has 17 atom stereocenters. The van der Waals surface area contributed by atoms with E-state index in [0.29, 0.717) is 0 Å². The largest absolute Gasteiger partial charge is 0.480 e. The molecule has 0 aromatic heterocycles. The maximum Gasteiger partial charge on any atom is 0.327 e. The van der Waals surface area contributed by atoms with Gasteiger partial charge in [-0.2, -0.15) is 12.6 Å². The van der Waals surface area contributed by atoms with Gasteiger partial charge < -0.3 is 137 Å². The number of carboxylic acids is 1. The van der Waals surface area contributed by atoms with Gasteiger partial charge in [-0.25, -0.2) is 4.79 Å². The predicted octanol–water partition coefficient (Wildman–Crippen LogP) is -16.8. The van der Waals surface area contributed by atoms with Crippen molar-refractivity contribution in [2.45, 2.75) is 159 Å². The van der Waals surface area contributed by atoms with Crippen LogP contribution in [-0.4, -0.2) is 308 Å². The number of carbonyl (C=O) groups is 17. The summed E-state index contributed by atoms with van der Waals surface area (Å²) in [5, 5.41) is 123. The van der Waals surface area contributed by atoms with Gasteiger partial charge in [0.2, 0.25) is 94.5 Å². The topological polar surface area (TPSA) is 691 Å². The molecule has 0 saturated carbocycles. The molecule has 43 nitrogen and oxygen atoms in total. The summed E-state index contributed by atoms with van der Waals surface area (Å²) in [6, 6.07) is -15.2. The number of hydrogen-bond donors (Lipinski definition) is 27. The molecule has 0 aromatic carbocycles. The number of carbonyl (C=O) groups excluding carboxylic acids is 16. The van der Waals surface area contributed by atoms with Crippen molar-refractivity contribution in [3.63, 3.8) is 0 Å². The zero-order valence-electron chi connectivity index (χ0n) is 52.7. The lowest BCUT2D eigenvalue weighted by Crippen LogP contribution is -2.59. The Kier molecular flexibility index (Phi) is 39.0. The van der Waals surface area contributed by atoms with Crippen LogP contribution < -0.4 is 90.8 Å². The van der Waals surface area contributed by atoms with Crippen molar-refractivity contribution >= 4 is 113 Å². The van der Waals surface area contributed by atoms with Crippen LogP contribution in [0.25, 0.3) is 0 Å². The summed E-state index contributed by atoms with van der Waals surface area (Å²) in [6.45, 7) is 1.48. The summed E-state index contributed by atoms with van der Waals surface area (Å²) >= 11 is 3.79. The first-order valence-corrected chi connectivity index (χ1v) is 29.3. The van der Waals surface area contributed by atoms with E-state index in [2.05, 4.69) is 97.7 Å². The number of rotatable bonds is 42. The number of amides is 16. The Labute approximate surface area is 546 Å². The number of aliphatic carboxylic acids is 1. The minimum absolute atomic E-state index is 0.280. The molecule has 0 radical (unpaired) electrons. The van der Waals surface area contributed by atoms with Crippen LogP contribution in [0.3, 0.4) is 0 Å². The smallest absolute Gasteiger partial charge is 0.327 e. The highest BCUT2D eigenvalue weighted by molar-refractivity contribution is 7.80. The number of hydrogen-bond acceptors (Lipinski definition) is 27. The van der Waals surface area contributed by atoms with Gasteiger partial charge in [-0.15, -0.1) is 0 Å². The molecule has 44 heteroatoms. The van der Waals surface area contributed by atoms with Crippen LogP contribution in [0.1, 0.15) is 55.4 Å². The highest BCUT2D eigenvalue weighted by atomic mass is 32.1. The standard InChI is InChI=1S/C51H87N17O26S/c1-18(69)35(52)43(85)53-10-28(78)62-37(20(3)71)45(87)55-12-30(80)64-39(22(5)73)47(89)57-14-32(82)66-41(24(7)75)49(91)59-16-34(84)68-42(25(8)76)50(92)60-15-33(83)67-40(23(6)74)48(90)58-13-31(81)65-38(21(4)72)46(88)56-11-29(79)63-36(19(2)70)44(86)54-9-27(77)61-26(17-95)51(93)94/h18-26,35-42,69-76,95H,9-17,52H2,1-8H3,(H,53,85)(H,54,86)(H,55,87)(H,56,88)(H,57,89)(H,58,90)(H,59,91)(H,60,92)(H,61,77)(H,62,78)(H,63,79)(H,64,80)(H,65,81)(H,66,82)(H,67,83)(H,68,84)(H,93,94)/t18-,19-,20-,21-,22-,23-,24-,25-,26+,35+,36+,37+,38+,39+,40+,41+,42+/m1/s1. The predicted molar refractivity (Wildman–Crippen MR) is 322 cm³/mol. The minimum Gasteiger partial charge on any atom is -0.480 e. The van der Waals surface area contributed by atoms with E-state index in [-0.39, 0.29) is 5.75 Å². The molecule has 0 bridgehead atoms. The second kappa shape index (κ2) is 43.1. The SMILES string of the molecule is C[C@@H](O)[C@H](N)C(=O)NCC(=O)N[C@H](C(=O)NCC(=O)N[C@H](C(=O)NCC(=O)N[C@H](C(=O)NCC(=O)N[C@H](C(=O)NCC(=O)N[C@H](C(=O)NCC(=O)N[C@H](C(=O)NCC(=O)N[C@H](C(=O)NCC(=O)N[C@@H](CS)C(=O)O)[C@@H](C)O)[C@@H](C)O)[C@@H](C)O)[C@@H](C)O)[C@@H](C)O)[C@@H](C)O)[C@@H](C)O. The monoisotopic (exact) mass is 1390 g/mol. The number of nitrogens with one attached hydrogen (secondary N) is 16. The fraction of sp³-hybridized carbons (Fsp3) is 0.667. The van der Waals surface area contributed by atoms with Crippen molar-refractivity contribution in [1.29, 1.82) is 0 Å². The van der Waals surface area contributed by atoms with Gasteiger partial charge in [-0.1, -0.05) is 0 Å². The Hall–Kier alpha value is -9.02. The fourth-order valence-electron chi connectivity index (χ4n) is 7.28. The molecule has 0 aliphatic carbocycles. The van der Waals surface area contributed by atoms with Crippen molar-refractivity contribution in [1.82, 2.24) is 85.1 Å². The summed E-state index contributed by atoms with van der Waals surface area (Å²) in [6.07, 6.45) is -12.8. The third-order valence-electron chi connectivity index (χ3n) is 12.6. The lowest BCUT2D eigenvalue weighted by atomic mass is 10.1. The zero-order chi connectivity index (χ0) is 73.3. The van der Waals surface area contributed by atoms with Crippen molar-refractivity contribution in [3.05, 3.63) is 0 Å². The molecule has 0 unspecified atom stereocenters. The van der Waals surface area contributed by atoms with Gasteiger partial charge in [0.25, 0.3) is 0 Å². The highest BCUT2D eigenvalue weighted by Crippen LogP contribution is 2.02. The summed E-state index contributed by atoms with van der Waals surface area (Å²) < 4.78 is 0. The maximum absolute atomic E-state index is 13.0. The first-order chi connectivity index (χ1) is 44.1. The van der Waals surface area contributed by atoms with Crippen LogP contribution in [0.5, 0.6) is 0 Å². The first-order valence-electron chi connectivity index (χ1n) is 28.7. The summed E-state index contributed by atoms with van der Waals surface area (Å²) in [4.78, 5) is 214. The number of thiol groups is 1. The minimum atomic E-state index is -1.84. The average Bonchev–Trinajstić information content (AvgIpc) is 1.12. The molecule has 0 aromatic rings. The fourth-order valence-corrected chi connectivity index (χ4v) is 7.53. The number of nitrogens with two attached hydrogens (primary N) is 1. The molecule has 0 aliphatic heterocycles. The lowest BCUT2D eigenvalue weighted by Gasteiger charge is -2.24. The van der Waals surface area contributed by atoms with E-state index < -0.39 is 256 Å². The summed E-state index contributed by atoms with van der Waals surface area (Å²) in [5.74, 6) is -19.5. The maximum atomic E-state index is 13.0. The van der Waals surface area contributed by atoms with Crippen LogP contribution in [0.15, 0.2) is 0 Å². The van der Waals surface area contributed by atoms with Gasteiger partial charge in [-0.3, -0.25) is 76.7 Å². The van der Waals surface area contributed by atoms with Crippen molar-refractivity contribution in [3.8, 4) is 0 Å². The summed E-state index contributed by atoms with van der Waals surface area (Å²) in [5.41, 5.74) is 5.48. The molecule has 538 valence electrons. The average molecular weight is 1390 g/mol. The normalized spacial score (nSPS) is 16.3. The van der Waals surface area contributed by atoms with E-state index in [1.54, 1.807) is 0 Å². The van der Waals surface area contributed by atoms with E-state index >= 15 is 0 Å². The van der Waals surface area contributed by atoms with E-state index in [4.69, 9.17) is 10.8 Å². The van der Waals surface area contributed by atoms with Gasteiger partial charge in [0.1, 0.15) is 54.4 Å². The van der Waals surface area contributed by atoms with E-state index in [9.17, 15) is 122 Å². The Bertz CT molecular complexity index is 2720. The third kappa shape index (κ3) is 33.1. The van der Waals surface area contributed by atoms with Gasteiger partial charge >= 0.3 is 5.97 Å². The second-order valence-corrected chi connectivity index (χ2v) is 21.5. The first kappa shape index (κ1) is 86.0. The lowest BCUT2D eigenvalue weighted by molar-refractivity contribution is -0.141. The molecule has 0 saturated heterocycles. The van der Waals surface area contributed by atoms with Crippen LogP contribution in [-0.2, 0) is 81.5 Å². The van der Waals surface area contributed by atoms with E-state index in [0.717, 1.165) is 48.5 Å². The Morgan fingerprint density at radius 1 is 0.274 bits per heavy atom. The quantitative estimate of drug-likeness (QED) is 0.0252. The molecule has 0 rings (SSSR count). The molecule has 0 fully saturated rings. The Morgan fingerprint density at radius 2 is 0.421 bits per heavy atom. The molecule has 0 spiro atoms. The Balaban J connectivity index is 5.36. The zero-order valence-corrected chi connectivity index (χ0v) is 53.6. The molecule has 27 N–H and O–H groups in total. The van der Waals surface area contributed by atoms with Gasteiger partial charge in [0.15, 0.2) is 0 Å². The second-order valence-electron chi connectivity index (χ2n) is 21.2. The van der Waals surface area contributed by atoms with Crippen LogP contribution in [0, 0.1) is 0 Å². The number of aliphatic hydroxyl groups excluding tert-OH is 8. The third-order valence-corrected chi connectivity index (χ3v) is 13.0. The van der Waals surface area contributed by atoms with Crippen molar-refractivity contribution in [2.24, 2.45) is 5.73 Å². The number of carboxylic acid groups (broad SMARTS) is 1. The van der Waals surface area contributed by atoms with Crippen LogP contribution >= 0.6 is 12.6 Å². The van der Waals surface area contributed by atoms with Gasteiger partial charge in [-0.05, 0) is 55.4 Å². The van der Waals surface area contributed by atoms with Gasteiger partial charge in [0, 0.05) is 5.75 Å². The molecule has 0 aliphatic rings. The molecular weight excluding hydrogens is 1300 g/mol. The highest BCUT2D eigenvalue weighted by Gasteiger charge is 2.35. The number of aliphatic hydroxyl groups is 8. The van der Waals surface area contributed by atoms with E-state index in [1.807, 2.05) is 0 Å². The summed E-state index contributed by atoms with van der Waals surface area (Å²) in [7, 11) is 0. The van der Waals surface area contributed by atoms with Gasteiger partial charge in [0.05, 0.1) is 101 Å². The molecule has 16 amide bonds. The molecule has 0 heterocycles. The molecule has 95 heavy (non-hydrogen) atoms.